The Morgan fingerprint density at radius 1 is 1.36 bits per heavy atom. The Balaban J connectivity index is 1.53. The van der Waals surface area contributed by atoms with E-state index in [9.17, 15) is 14.3 Å². The molecule has 3 heterocycles. The van der Waals surface area contributed by atoms with Crippen molar-refractivity contribution in [2.24, 2.45) is 0 Å². The van der Waals surface area contributed by atoms with E-state index in [2.05, 4.69) is 15.3 Å². The number of carbonyl (C=O) groups excluding carboxylic acids is 1. The van der Waals surface area contributed by atoms with E-state index in [1.807, 2.05) is 0 Å². The lowest BCUT2D eigenvalue weighted by Crippen LogP contribution is -2.39. The molecule has 1 aliphatic rings. The number of hydrogen-bond donors (Lipinski definition) is 1. The standard InChI is InChI=1S/C17H16FN5O2/c18-14-1-2-15-12(8-14)7-13(9-19-15)16(24)22-5-3-17(25,10-22)11-23-6-4-20-21-23/h1-2,4,6-9,25H,3,5,10-11H2. The summed E-state index contributed by atoms with van der Waals surface area (Å²) in [5.41, 5.74) is -0.0371. The third-order valence-corrected chi connectivity index (χ3v) is 4.44. The largest absolute Gasteiger partial charge is 0.386 e. The fraction of sp³-hybridized carbons (Fsp3) is 0.294. The lowest BCUT2D eigenvalue weighted by atomic mass is 10.0. The summed E-state index contributed by atoms with van der Waals surface area (Å²) < 4.78 is 14.9. The maximum atomic E-state index is 13.4. The molecule has 0 bridgehead atoms. The highest BCUT2D eigenvalue weighted by atomic mass is 19.1. The Morgan fingerprint density at radius 3 is 3.04 bits per heavy atom. The van der Waals surface area contributed by atoms with Crippen LogP contribution in [0.2, 0.25) is 0 Å². The van der Waals surface area contributed by atoms with Gasteiger partial charge in [-0.25, -0.2) is 9.07 Å². The predicted molar refractivity (Wildman–Crippen MR) is 87.2 cm³/mol. The van der Waals surface area contributed by atoms with Crippen molar-refractivity contribution >= 4 is 16.8 Å². The van der Waals surface area contributed by atoms with Crippen LogP contribution in [0.3, 0.4) is 0 Å². The summed E-state index contributed by atoms with van der Waals surface area (Å²) in [6.07, 6.45) is 5.15. The van der Waals surface area contributed by atoms with Crippen molar-refractivity contribution in [1.29, 1.82) is 0 Å². The molecule has 4 rings (SSSR count). The van der Waals surface area contributed by atoms with E-state index in [4.69, 9.17) is 0 Å². The van der Waals surface area contributed by atoms with Gasteiger partial charge in [0.2, 0.25) is 0 Å². The Kier molecular flexibility index (Phi) is 3.69. The van der Waals surface area contributed by atoms with Gasteiger partial charge in [0.05, 0.1) is 30.4 Å². The second-order valence-electron chi connectivity index (χ2n) is 6.36. The Bertz CT molecular complexity index is 930. The van der Waals surface area contributed by atoms with Gasteiger partial charge in [-0.2, -0.15) is 0 Å². The van der Waals surface area contributed by atoms with E-state index < -0.39 is 5.60 Å². The number of β-amino-alcohol motifs (C(OH)–C–C–N with tert-alkyl or cyclic N) is 1. The lowest BCUT2D eigenvalue weighted by molar-refractivity contribution is 0.0267. The number of fused-ring (bicyclic) bond motifs is 1. The van der Waals surface area contributed by atoms with Gasteiger partial charge in [-0.05, 0) is 30.7 Å². The van der Waals surface area contributed by atoms with E-state index in [0.717, 1.165) is 0 Å². The number of benzene rings is 1. The van der Waals surface area contributed by atoms with Crippen LogP contribution in [-0.2, 0) is 6.54 Å². The van der Waals surface area contributed by atoms with Crippen molar-refractivity contribution in [2.45, 2.75) is 18.6 Å². The predicted octanol–water partition coefficient (Wildman–Crippen LogP) is 1.24. The number of halogens is 1. The Morgan fingerprint density at radius 2 is 2.24 bits per heavy atom. The van der Waals surface area contributed by atoms with Crippen molar-refractivity contribution in [3.63, 3.8) is 0 Å². The number of aliphatic hydroxyl groups is 1. The first-order valence-electron chi connectivity index (χ1n) is 7.94. The first kappa shape index (κ1) is 15.6. The van der Waals surface area contributed by atoms with Crippen LogP contribution in [0.4, 0.5) is 4.39 Å². The number of hydrogen-bond acceptors (Lipinski definition) is 5. The summed E-state index contributed by atoms with van der Waals surface area (Å²) >= 11 is 0. The third kappa shape index (κ3) is 3.08. The van der Waals surface area contributed by atoms with Gasteiger partial charge in [-0.3, -0.25) is 9.78 Å². The normalized spacial score (nSPS) is 20.3. The average Bonchev–Trinajstić information content (AvgIpc) is 3.23. The molecule has 7 nitrogen and oxygen atoms in total. The fourth-order valence-electron chi connectivity index (χ4n) is 3.18. The van der Waals surface area contributed by atoms with E-state index in [-0.39, 0.29) is 24.8 Å². The molecule has 1 aliphatic heterocycles. The highest BCUT2D eigenvalue weighted by Crippen LogP contribution is 2.25. The molecule has 0 saturated carbocycles. The van der Waals surface area contributed by atoms with Crippen LogP contribution in [0.5, 0.6) is 0 Å². The number of amides is 1. The molecule has 1 saturated heterocycles. The zero-order valence-electron chi connectivity index (χ0n) is 13.3. The van der Waals surface area contributed by atoms with Gasteiger partial charge in [0, 0.05) is 24.3 Å². The number of carbonyl (C=O) groups is 1. The van der Waals surface area contributed by atoms with Gasteiger partial charge in [-0.1, -0.05) is 5.21 Å². The zero-order valence-corrected chi connectivity index (χ0v) is 13.3. The van der Waals surface area contributed by atoms with Crippen LogP contribution in [0.25, 0.3) is 10.9 Å². The van der Waals surface area contributed by atoms with Gasteiger partial charge in [0.25, 0.3) is 5.91 Å². The first-order chi connectivity index (χ1) is 12.0. The molecule has 3 aromatic rings. The number of rotatable bonds is 3. The topological polar surface area (TPSA) is 84.1 Å². The summed E-state index contributed by atoms with van der Waals surface area (Å²) in [6.45, 7) is 0.913. The van der Waals surface area contributed by atoms with Gasteiger partial charge >= 0.3 is 0 Å². The summed E-state index contributed by atoms with van der Waals surface area (Å²) in [5, 5.41) is 18.8. The van der Waals surface area contributed by atoms with Crippen LogP contribution in [-0.4, -0.2) is 54.6 Å². The zero-order chi connectivity index (χ0) is 17.4. The molecule has 0 aliphatic carbocycles. The van der Waals surface area contributed by atoms with Gasteiger partial charge in [0.15, 0.2) is 0 Å². The van der Waals surface area contributed by atoms with Crippen molar-refractivity contribution in [1.82, 2.24) is 24.9 Å². The SMILES string of the molecule is O=C(c1cnc2ccc(F)cc2c1)N1CCC(O)(Cn2ccnn2)C1. The minimum absolute atomic E-state index is 0.201. The van der Waals surface area contributed by atoms with Crippen molar-refractivity contribution in [3.8, 4) is 0 Å². The van der Waals surface area contributed by atoms with Gasteiger partial charge in [0.1, 0.15) is 11.4 Å². The molecule has 1 aromatic carbocycles. The third-order valence-electron chi connectivity index (χ3n) is 4.44. The fourth-order valence-corrected chi connectivity index (χ4v) is 3.18. The molecular formula is C17H16FN5O2. The molecule has 1 N–H and O–H groups in total. The summed E-state index contributed by atoms with van der Waals surface area (Å²) in [6, 6.07) is 5.89. The number of aromatic nitrogens is 4. The Hall–Kier alpha value is -2.87. The molecule has 128 valence electrons. The Labute approximate surface area is 142 Å². The number of pyridine rings is 1. The van der Waals surface area contributed by atoms with Crippen LogP contribution in [0.1, 0.15) is 16.8 Å². The first-order valence-corrected chi connectivity index (χ1v) is 7.94. The minimum Gasteiger partial charge on any atom is -0.386 e. The van der Waals surface area contributed by atoms with Crippen LogP contribution >= 0.6 is 0 Å². The second-order valence-corrected chi connectivity index (χ2v) is 6.36. The number of likely N-dealkylation sites (tertiary alicyclic amines) is 1. The van der Waals surface area contributed by atoms with Crippen LogP contribution < -0.4 is 0 Å². The highest BCUT2D eigenvalue weighted by Gasteiger charge is 2.39. The molecule has 8 heteroatoms. The quantitative estimate of drug-likeness (QED) is 0.775. The summed E-state index contributed by atoms with van der Waals surface area (Å²) in [5.74, 6) is -0.601. The maximum absolute atomic E-state index is 13.4. The minimum atomic E-state index is -1.04. The highest BCUT2D eigenvalue weighted by molar-refractivity contribution is 5.97. The molecular weight excluding hydrogens is 325 g/mol. The lowest BCUT2D eigenvalue weighted by Gasteiger charge is -2.23. The monoisotopic (exact) mass is 341 g/mol. The summed E-state index contributed by atoms with van der Waals surface area (Å²) in [7, 11) is 0. The molecule has 0 radical (unpaired) electrons. The van der Waals surface area contributed by atoms with Crippen LogP contribution in [0, 0.1) is 5.82 Å². The smallest absolute Gasteiger partial charge is 0.255 e. The molecule has 2 aromatic heterocycles. The maximum Gasteiger partial charge on any atom is 0.255 e. The van der Waals surface area contributed by atoms with Gasteiger partial charge < -0.3 is 10.0 Å². The summed E-state index contributed by atoms with van der Waals surface area (Å²) in [4.78, 5) is 18.5. The second kappa shape index (κ2) is 5.89. The molecule has 1 amide bonds. The average molecular weight is 341 g/mol. The molecule has 0 spiro atoms. The number of nitrogens with zero attached hydrogens (tertiary/aromatic N) is 5. The van der Waals surface area contributed by atoms with Crippen LogP contribution in [0.15, 0.2) is 42.9 Å². The van der Waals surface area contributed by atoms with E-state index in [1.54, 1.807) is 34.1 Å². The van der Waals surface area contributed by atoms with E-state index in [1.165, 1.54) is 18.3 Å². The molecule has 1 unspecified atom stereocenters. The molecule has 1 atom stereocenters. The van der Waals surface area contributed by atoms with E-state index >= 15 is 0 Å². The van der Waals surface area contributed by atoms with Gasteiger partial charge in [-0.15, -0.1) is 5.10 Å². The van der Waals surface area contributed by atoms with Crippen molar-refractivity contribution in [2.75, 3.05) is 13.1 Å². The van der Waals surface area contributed by atoms with Crippen molar-refractivity contribution in [3.05, 3.63) is 54.2 Å². The van der Waals surface area contributed by atoms with Crippen molar-refractivity contribution < 1.29 is 14.3 Å². The van der Waals surface area contributed by atoms with E-state index in [0.29, 0.717) is 29.4 Å². The molecule has 1 fully saturated rings. The molecule has 25 heavy (non-hydrogen) atoms.